The van der Waals surface area contributed by atoms with Crippen LogP contribution in [0.3, 0.4) is 0 Å². The summed E-state index contributed by atoms with van der Waals surface area (Å²) < 4.78 is 43.1. The van der Waals surface area contributed by atoms with Crippen LogP contribution >= 0.6 is 0 Å². The molecule has 0 radical (unpaired) electrons. The number of anilines is 1. The molecule has 1 aromatic heterocycles. The molecule has 0 unspecified atom stereocenters. The highest BCUT2D eigenvalue weighted by molar-refractivity contribution is 5.76. The number of nitrogens with one attached hydrogen (secondary N) is 2. The lowest BCUT2D eigenvalue weighted by Crippen LogP contribution is -2.29. The number of carbonyl (C=O) groups is 1. The van der Waals surface area contributed by atoms with Crippen LogP contribution in [0.1, 0.15) is 29.0 Å². The Morgan fingerprint density at radius 2 is 2.00 bits per heavy atom. The Hall–Kier alpha value is -3.11. The first-order valence-corrected chi connectivity index (χ1v) is 8.37. The summed E-state index contributed by atoms with van der Waals surface area (Å²) >= 11 is 0. The van der Waals surface area contributed by atoms with E-state index in [1.165, 1.54) is 0 Å². The standard InChI is InChI=1S/C17H19F3N4O4/c1-10-13(11(2)28-23-10)4-6-16(25)22-8-7-21-14-5-3-12(17(18,19)20)9-15(14)24(26)27/h3,5,9,21H,4,6-8H2,1-2H3,(H,22,25). The van der Waals surface area contributed by atoms with Crippen molar-refractivity contribution in [2.45, 2.75) is 32.9 Å². The monoisotopic (exact) mass is 400 g/mol. The van der Waals surface area contributed by atoms with Crippen molar-refractivity contribution in [2.75, 3.05) is 18.4 Å². The maximum Gasteiger partial charge on any atom is 0.416 e. The van der Waals surface area contributed by atoms with Crippen molar-refractivity contribution in [1.82, 2.24) is 10.5 Å². The molecule has 1 aromatic carbocycles. The highest BCUT2D eigenvalue weighted by Crippen LogP contribution is 2.34. The van der Waals surface area contributed by atoms with Gasteiger partial charge in [0.25, 0.3) is 5.69 Å². The number of alkyl halides is 3. The van der Waals surface area contributed by atoms with E-state index in [1.807, 2.05) is 0 Å². The van der Waals surface area contributed by atoms with Gasteiger partial charge in [0.05, 0.1) is 16.2 Å². The van der Waals surface area contributed by atoms with Gasteiger partial charge in [0, 0.05) is 31.1 Å². The second-order valence-electron chi connectivity index (χ2n) is 6.07. The molecule has 28 heavy (non-hydrogen) atoms. The number of rotatable bonds is 8. The minimum absolute atomic E-state index is 0.0528. The van der Waals surface area contributed by atoms with Crippen molar-refractivity contribution in [2.24, 2.45) is 0 Å². The minimum atomic E-state index is -4.67. The predicted octanol–water partition coefficient (Wildman–Crippen LogP) is 3.38. The van der Waals surface area contributed by atoms with Gasteiger partial charge in [-0.05, 0) is 32.4 Å². The number of amides is 1. The van der Waals surface area contributed by atoms with Crippen LogP contribution in [0.15, 0.2) is 22.7 Å². The van der Waals surface area contributed by atoms with Crippen molar-refractivity contribution in [3.8, 4) is 0 Å². The third-order valence-electron chi connectivity index (χ3n) is 4.07. The largest absolute Gasteiger partial charge is 0.416 e. The molecule has 8 nitrogen and oxygen atoms in total. The van der Waals surface area contributed by atoms with Gasteiger partial charge in [0.1, 0.15) is 11.4 Å². The second kappa shape index (κ2) is 8.72. The molecule has 0 saturated heterocycles. The van der Waals surface area contributed by atoms with Gasteiger partial charge in [-0.2, -0.15) is 13.2 Å². The van der Waals surface area contributed by atoms with E-state index in [2.05, 4.69) is 15.8 Å². The maximum atomic E-state index is 12.7. The van der Waals surface area contributed by atoms with Crippen LogP contribution in [-0.4, -0.2) is 29.1 Å². The first kappa shape index (κ1) is 21.2. The summed E-state index contributed by atoms with van der Waals surface area (Å²) in [5, 5.41) is 20.1. The first-order chi connectivity index (χ1) is 13.1. The third-order valence-corrected chi connectivity index (χ3v) is 4.07. The highest BCUT2D eigenvalue weighted by atomic mass is 19.4. The molecular formula is C17H19F3N4O4. The highest BCUT2D eigenvalue weighted by Gasteiger charge is 2.33. The molecule has 1 heterocycles. The molecule has 0 spiro atoms. The first-order valence-electron chi connectivity index (χ1n) is 8.37. The number of hydrogen-bond acceptors (Lipinski definition) is 6. The fourth-order valence-corrected chi connectivity index (χ4v) is 2.59. The smallest absolute Gasteiger partial charge is 0.378 e. The number of nitro groups is 1. The van der Waals surface area contributed by atoms with Crippen molar-refractivity contribution in [1.29, 1.82) is 0 Å². The van der Waals surface area contributed by atoms with Crippen LogP contribution in [0.4, 0.5) is 24.5 Å². The molecular weight excluding hydrogens is 381 g/mol. The Balaban J connectivity index is 1.84. The lowest BCUT2D eigenvalue weighted by molar-refractivity contribution is -0.384. The van der Waals surface area contributed by atoms with Gasteiger partial charge in [-0.25, -0.2) is 0 Å². The number of nitrogens with zero attached hydrogens (tertiary/aromatic N) is 2. The Bertz CT molecular complexity index is 845. The molecule has 152 valence electrons. The fourth-order valence-electron chi connectivity index (χ4n) is 2.59. The predicted molar refractivity (Wildman–Crippen MR) is 93.9 cm³/mol. The van der Waals surface area contributed by atoms with Gasteiger partial charge in [-0.1, -0.05) is 5.16 Å². The van der Waals surface area contributed by atoms with Crippen molar-refractivity contribution >= 4 is 17.3 Å². The second-order valence-corrected chi connectivity index (χ2v) is 6.07. The van der Waals surface area contributed by atoms with E-state index >= 15 is 0 Å². The summed E-state index contributed by atoms with van der Waals surface area (Å²) in [5.74, 6) is 0.422. The van der Waals surface area contributed by atoms with Gasteiger partial charge in [-0.3, -0.25) is 14.9 Å². The molecule has 2 aromatic rings. The van der Waals surface area contributed by atoms with Crippen LogP contribution < -0.4 is 10.6 Å². The summed E-state index contributed by atoms with van der Waals surface area (Å²) in [6.45, 7) is 3.81. The molecule has 0 aliphatic rings. The summed E-state index contributed by atoms with van der Waals surface area (Å²) in [6, 6.07) is 2.24. The van der Waals surface area contributed by atoms with E-state index in [-0.39, 0.29) is 31.1 Å². The Morgan fingerprint density at radius 1 is 1.29 bits per heavy atom. The molecule has 2 rings (SSSR count). The van der Waals surface area contributed by atoms with E-state index in [0.717, 1.165) is 23.4 Å². The summed E-state index contributed by atoms with van der Waals surface area (Å²) in [7, 11) is 0. The molecule has 0 aliphatic heterocycles. The molecule has 11 heteroatoms. The maximum absolute atomic E-state index is 12.7. The van der Waals surface area contributed by atoms with E-state index in [0.29, 0.717) is 18.2 Å². The quantitative estimate of drug-likeness (QED) is 0.399. The van der Waals surface area contributed by atoms with Gasteiger partial charge in [0.2, 0.25) is 5.91 Å². The van der Waals surface area contributed by atoms with E-state index < -0.39 is 22.4 Å². The Labute approximate surface area is 158 Å². The lowest BCUT2D eigenvalue weighted by atomic mass is 10.1. The van der Waals surface area contributed by atoms with E-state index in [1.54, 1.807) is 13.8 Å². The SMILES string of the molecule is Cc1noc(C)c1CCC(=O)NCCNc1ccc(C(F)(F)F)cc1[N+](=O)[O-]. The Kier molecular flexibility index (Phi) is 6.60. The van der Waals surface area contributed by atoms with Gasteiger partial charge in [-0.15, -0.1) is 0 Å². The van der Waals surface area contributed by atoms with Gasteiger partial charge in [0.15, 0.2) is 0 Å². The van der Waals surface area contributed by atoms with Crippen LogP contribution in [0, 0.1) is 24.0 Å². The van der Waals surface area contributed by atoms with Crippen molar-refractivity contribution in [3.05, 3.63) is 50.9 Å². The third kappa shape index (κ3) is 5.44. The summed E-state index contributed by atoms with van der Waals surface area (Å²) in [5.41, 5.74) is -0.241. The normalized spacial score (nSPS) is 11.3. The average molecular weight is 400 g/mol. The summed E-state index contributed by atoms with van der Waals surface area (Å²) in [4.78, 5) is 22.0. The topological polar surface area (TPSA) is 110 Å². The zero-order valence-corrected chi connectivity index (χ0v) is 15.2. The summed E-state index contributed by atoms with van der Waals surface area (Å²) in [6.07, 6.45) is -3.99. The van der Waals surface area contributed by atoms with Crippen molar-refractivity contribution in [3.63, 3.8) is 0 Å². The number of halogens is 3. The number of hydrogen-bond donors (Lipinski definition) is 2. The number of aryl methyl sites for hydroxylation is 2. The zero-order chi connectivity index (χ0) is 20.9. The van der Waals surface area contributed by atoms with Gasteiger partial charge < -0.3 is 15.2 Å². The number of benzene rings is 1. The molecule has 0 saturated carbocycles. The van der Waals surface area contributed by atoms with E-state index in [9.17, 15) is 28.1 Å². The number of aromatic nitrogens is 1. The number of nitro benzene ring substituents is 1. The lowest BCUT2D eigenvalue weighted by Gasteiger charge is -2.11. The van der Waals surface area contributed by atoms with Crippen LogP contribution in [0.25, 0.3) is 0 Å². The van der Waals surface area contributed by atoms with Crippen LogP contribution in [0.5, 0.6) is 0 Å². The molecule has 1 amide bonds. The average Bonchev–Trinajstić information content (AvgIpc) is 2.94. The molecule has 0 aliphatic carbocycles. The van der Waals surface area contributed by atoms with Crippen molar-refractivity contribution < 1.29 is 27.4 Å². The molecule has 0 fully saturated rings. The zero-order valence-electron chi connectivity index (χ0n) is 15.2. The molecule has 0 atom stereocenters. The molecule has 0 bridgehead atoms. The minimum Gasteiger partial charge on any atom is -0.378 e. The Morgan fingerprint density at radius 3 is 2.57 bits per heavy atom. The van der Waals surface area contributed by atoms with Gasteiger partial charge >= 0.3 is 6.18 Å². The molecule has 2 N–H and O–H groups in total. The van der Waals surface area contributed by atoms with Crippen LogP contribution in [-0.2, 0) is 17.4 Å². The van der Waals surface area contributed by atoms with Crippen LogP contribution in [0.2, 0.25) is 0 Å². The van der Waals surface area contributed by atoms with E-state index in [4.69, 9.17) is 4.52 Å². The number of carbonyl (C=O) groups excluding carboxylic acids is 1. The fraction of sp³-hybridized carbons (Fsp3) is 0.412.